The minimum absolute atomic E-state index is 0.0473. The molecule has 0 heterocycles. The largest absolute Gasteiger partial charge is 0.513 e. The van der Waals surface area contributed by atoms with Gasteiger partial charge in [0.2, 0.25) is 0 Å². The Labute approximate surface area is 163 Å². The van der Waals surface area contributed by atoms with Crippen LogP contribution in [0.15, 0.2) is 12.1 Å². The minimum atomic E-state index is -0.723. The maximum atomic E-state index is 12.0. The van der Waals surface area contributed by atoms with Gasteiger partial charge in [0.15, 0.2) is 0 Å². The molecule has 1 atom stereocenters. The van der Waals surface area contributed by atoms with E-state index in [4.69, 9.17) is 14.2 Å². The molecule has 0 fully saturated rings. The zero-order valence-electron chi connectivity index (χ0n) is 17.8. The number of carbonyl (C=O) groups is 2. The van der Waals surface area contributed by atoms with Gasteiger partial charge in [0.1, 0.15) is 5.75 Å². The van der Waals surface area contributed by atoms with E-state index < -0.39 is 6.16 Å². The Balaban J connectivity index is 3.00. The molecule has 0 aliphatic heterocycles. The third-order valence-corrected chi connectivity index (χ3v) is 4.40. The molecule has 1 aromatic rings. The van der Waals surface area contributed by atoms with Crippen LogP contribution in [0.3, 0.4) is 0 Å². The van der Waals surface area contributed by atoms with Gasteiger partial charge in [-0.1, -0.05) is 53.2 Å². The lowest BCUT2D eigenvalue weighted by Gasteiger charge is -2.23. The first-order valence-electron chi connectivity index (χ1n) is 9.75. The Morgan fingerprint density at radius 2 is 1.78 bits per heavy atom. The molecule has 0 N–H and O–H groups in total. The molecule has 0 radical (unpaired) electrons. The molecule has 1 rings (SSSR count). The first kappa shape index (κ1) is 23.0. The third-order valence-electron chi connectivity index (χ3n) is 4.40. The van der Waals surface area contributed by atoms with Crippen molar-refractivity contribution in [3.05, 3.63) is 28.8 Å². The predicted molar refractivity (Wildman–Crippen MR) is 106 cm³/mol. The lowest BCUT2D eigenvalue weighted by Crippen LogP contribution is -2.18. The molecule has 0 aromatic heterocycles. The summed E-state index contributed by atoms with van der Waals surface area (Å²) in [5.41, 5.74) is 2.78. The minimum Gasteiger partial charge on any atom is -0.465 e. The van der Waals surface area contributed by atoms with Gasteiger partial charge in [0.25, 0.3) is 0 Å². The molecule has 5 nitrogen and oxygen atoms in total. The first-order valence-corrected chi connectivity index (χ1v) is 9.75. The zero-order valence-corrected chi connectivity index (χ0v) is 17.8. The summed E-state index contributed by atoms with van der Waals surface area (Å²) in [6.07, 6.45) is 1.51. The van der Waals surface area contributed by atoms with E-state index in [1.165, 1.54) is 0 Å². The van der Waals surface area contributed by atoms with Crippen LogP contribution in [0.4, 0.5) is 4.79 Å². The highest BCUT2D eigenvalue weighted by molar-refractivity contribution is 5.72. The number of ether oxygens (including phenoxy) is 3. The van der Waals surface area contributed by atoms with Crippen molar-refractivity contribution in [3.8, 4) is 5.75 Å². The van der Waals surface area contributed by atoms with E-state index in [1.54, 1.807) is 6.92 Å². The fraction of sp³-hybridized carbons (Fsp3) is 0.636. The second kappa shape index (κ2) is 10.3. The van der Waals surface area contributed by atoms with Crippen LogP contribution in [-0.4, -0.2) is 25.3 Å². The number of hydrogen-bond acceptors (Lipinski definition) is 5. The van der Waals surface area contributed by atoms with Crippen LogP contribution in [0.2, 0.25) is 0 Å². The van der Waals surface area contributed by atoms with Crippen molar-refractivity contribution in [2.75, 3.05) is 13.2 Å². The average Bonchev–Trinajstić information content (AvgIpc) is 2.56. The Hall–Kier alpha value is -2.04. The summed E-state index contributed by atoms with van der Waals surface area (Å²) >= 11 is 0. The highest BCUT2D eigenvalue weighted by Gasteiger charge is 2.21. The quantitative estimate of drug-likeness (QED) is 0.451. The van der Waals surface area contributed by atoms with Gasteiger partial charge in [-0.05, 0) is 42.4 Å². The summed E-state index contributed by atoms with van der Waals surface area (Å²) in [5.74, 6) is 0.195. The van der Waals surface area contributed by atoms with Gasteiger partial charge in [-0.3, -0.25) is 4.79 Å². The SMILES string of the molecule is CCCC(C)C(=O)OCCc1cc(C(C)(C)C)cc(C)c1OC(=O)OCC. The second-order valence-electron chi connectivity index (χ2n) is 7.92. The maximum absolute atomic E-state index is 12.0. The molecule has 1 unspecified atom stereocenters. The standard InChI is InChI=1S/C22H34O5/c1-8-10-15(3)20(23)26-12-11-17-14-18(22(5,6)7)13-16(4)19(17)27-21(24)25-9-2/h13-15H,8-12H2,1-7H3. The molecular formula is C22H34O5. The van der Waals surface area contributed by atoms with Crippen LogP contribution in [0.25, 0.3) is 0 Å². The predicted octanol–water partition coefficient (Wildman–Crippen LogP) is 5.35. The maximum Gasteiger partial charge on any atom is 0.513 e. The number of benzene rings is 1. The van der Waals surface area contributed by atoms with Gasteiger partial charge < -0.3 is 14.2 Å². The van der Waals surface area contributed by atoms with Gasteiger partial charge in [-0.15, -0.1) is 0 Å². The Morgan fingerprint density at radius 3 is 2.33 bits per heavy atom. The normalized spacial score (nSPS) is 12.4. The van der Waals surface area contributed by atoms with E-state index in [0.29, 0.717) is 12.2 Å². The summed E-state index contributed by atoms with van der Waals surface area (Å²) in [6.45, 7) is 14.4. The highest BCUT2D eigenvalue weighted by Crippen LogP contribution is 2.32. The number of hydrogen-bond donors (Lipinski definition) is 0. The molecule has 0 aliphatic carbocycles. The lowest BCUT2D eigenvalue weighted by molar-refractivity contribution is -0.148. The highest BCUT2D eigenvalue weighted by atomic mass is 16.7. The molecule has 27 heavy (non-hydrogen) atoms. The van der Waals surface area contributed by atoms with Gasteiger partial charge in [0, 0.05) is 6.42 Å². The van der Waals surface area contributed by atoms with Crippen molar-refractivity contribution in [1.29, 1.82) is 0 Å². The molecule has 0 amide bonds. The number of carbonyl (C=O) groups excluding carboxylic acids is 2. The molecule has 5 heteroatoms. The van der Waals surface area contributed by atoms with E-state index >= 15 is 0 Å². The van der Waals surface area contributed by atoms with E-state index in [9.17, 15) is 9.59 Å². The van der Waals surface area contributed by atoms with Crippen molar-refractivity contribution < 1.29 is 23.8 Å². The smallest absolute Gasteiger partial charge is 0.465 e. The molecule has 0 aliphatic rings. The van der Waals surface area contributed by atoms with Crippen molar-refractivity contribution >= 4 is 12.1 Å². The van der Waals surface area contributed by atoms with Crippen molar-refractivity contribution in [3.63, 3.8) is 0 Å². The van der Waals surface area contributed by atoms with E-state index in [-0.39, 0.29) is 30.5 Å². The number of aryl methyl sites for hydroxylation is 1. The summed E-state index contributed by atoms with van der Waals surface area (Å²) < 4.78 is 15.8. The van der Waals surface area contributed by atoms with Crippen LogP contribution in [0, 0.1) is 12.8 Å². The van der Waals surface area contributed by atoms with Gasteiger partial charge in [0.05, 0.1) is 19.1 Å². The summed E-state index contributed by atoms with van der Waals surface area (Å²) in [6, 6.07) is 4.04. The fourth-order valence-corrected chi connectivity index (χ4v) is 2.80. The summed E-state index contributed by atoms with van der Waals surface area (Å²) in [5, 5.41) is 0. The molecule has 0 saturated heterocycles. The van der Waals surface area contributed by atoms with Gasteiger partial charge in [-0.25, -0.2) is 4.79 Å². The Bertz CT molecular complexity index is 643. The van der Waals surface area contributed by atoms with Crippen LogP contribution < -0.4 is 4.74 Å². The van der Waals surface area contributed by atoms with Gasteiger partial charge >= 0.3 is 12.1 Å². The van der Waals surface area contributed by atoms with E-state index in [0.717, 1.165) is 29.5 Å². The molecule has 152 valence electrons. The van der Waals surface area contributed by atoms with Crippen molar-refractivity contribution in [1.82, 2.24) is 0 Å². The first-order chi connectivity index (χ1) is 12.6. The molecule has 0 bridgehead atoms. The number of esters is 1. The van der Waals surface area contributed by atoms with Crippen LogP contribution in [0.1, 0.15) is 71.1 Å². The van der Waals surface area contributed by atoms with Crippen LogP contribution in [0.5, 0.6) is 5.75 Å². The molecule has 0 spiro atoms. The van der Waals surface area contributed by atoms with Crippen molar-refractivity contribution in [2.45, 2.75) is 73.1 Å². The summed E-state index contributed by atoms with van der Waals surface area (Å²) in [4.78, 5) is 23.8. The topological polar surface area (TPSA) is 61.8 Å². The lowest BCUT2D eigenvalue weighted by atomic mass is 9.84. The van der Waals surface area contributed by atoms with Gasteiger partial charge in [-0.2, -0.15) is 0 Å². The van der Waals surface area contributed by atoms with Crippen LogP contribution >= 0.6 is 0 Å². The van der Waals surface area contributed by atoms with Crippen molar-refractivity contribution in [2.24, 2.45) is 5.92 Å². The molecular weight excluding hydrogens is 344 g/mol. The van der Waals surface area contributed by atoms with E-state index in [1.807, 2.05) is 32.9 Å². The van der Waals surface area contributed by atoms with Crippen LogP contribution in [-0.2, 0) is 26.1 Å². The second-order valence-corrected chi connectivity index (χ2v) is 7.92. The Morgan fingerprint density at radius 1 is 1.11 bits per heavy atom. The molecule has 1 aromatic carbocycles. The number of rotatable bonds is 8. The van der Waals surface area contributed by atoms with E-state index in [2.05, 4.69) is 20.8 Å². The third kappa shape index (κ3) is 7.24. The summed E-state index contributed by atoms with van der Waals surface area (Å²) in [7, 11) is 0. The fourth-order valence-electron chi connectivity index (χ4n) is 2.80. The Kier molecular flexibility index (Phi) is 8.80. The monoisotopic (exact) mass is 378 g/mol. The molecule has 0 saturated carbocycles. The zero-order chi connectivity index (χ0) is 20.6. The average molecular weight is 379 g/mol.